The topological polar surface area (TPSA) is 61.4 Å². The zero-order chi connectivity index (χ0) is 9.52. The average Bonchev–Trinajstić information content (AvgIpc) is 2.19. The Labute approximate surface area is 90.9 Å². The van der Waals surface area contributed by atoms with Crippen LogP contribution in [0.15, 0.2) is 0 Å². The molecule has 1 heterocycles. The number of piperidine rings is 1. The van der Waals surface area contributed by atoms with Crippen LogP contribution in [-0.4, -0.2) is 36.8 Å². The predicted molar refractivity (Wildman–Crippen MR) is 57.6 cm³/mol. The van der Waals surface area contributed by atoms with Gasteiger partial charge in [0.1, 0.15) is 0 Å². The molecule has 0 aromatic heterocycles. The molecule has 0 aliphatic carbocycles. The summed E-state index contributed by atoms with van der Waals surface area (Å²) in [4.78, 5) is 11.4. The van der Waals surface area contributed by atoms with Crippen LogP contribution in [-0.2, 0) is 4.79 Å². The number of aliphatic hydroxyl groups is 1. The van der Waals surface area contributed by atoms with Crippen LogP contribution in [0.4, 0.5) is 0 Å². The van der Waals surface area contributed by atoms with Gasteiger partial charge in [-0.3, -0.25) is 4.79 Å². The Bertz CT molecular complexity index is 161. The van der Waals surface area contributed by atoms with E-state index < -0.39 is 0 Å². The van der Waals surface area contributed by atoms with Crippen molar-refractivity contribution < 1.29 is 9.90 Å². The second kappa shape index (κ2) is 8.03. The van der Waals surface area contributed by atoms with E-state index in [0.29, 0.717) is 13.0 Å². The molecule has 1 rings (SSSR count). The van der Waals surface area contributed by atoms with Crippen LogP contribution in [0.5, 0.6) is 0 Å². The molecule has 0 aromatic carbocycles. The van der Waals surface area contributed by atoms with Crippen molar-refractivity contribution in [3.8, 4) is 0 Å². The van der Waals surface area contributed by atoms with Crippen molar-refractivity contribution in [2.45, 2.75) is 31.7 Å². The highest BCUT2D eigenvalue weighted by Crippen LogP contribution is 2.06. The Kier molecular flexibility index (Phi) is 7.84. The molecular weight excluding hydrogens is 204 g/mol. The normalized spacial score (nSPS) is 21.1. The van der Waals surface area contributed by atoms with Crippen LogP contribution < -0.4 is 10.6 Å². The van der Waals surface area contributed by atoms with Crippen molar-refractivity contribution in [3.05, 3.63) is 0 Å². The smallest absolute Gasteiger partial charge is 0.237 e. The summed E-state index contributed by atoms with van der Waals surface area (Å²) < 4.78 is 0. The molecular formula is C9H19ClN2O2. The van der Waals surface area contributed by atoms with Gasteiger partial charge in [0, 0.05) is 13.2 Å². The van der Waals surface area contributed by atoms with E-state index in [1.165, 1.54) is 6.42 Å². The van der Waals surface area contributed by atoms with Gasteiger partial charge in [0.15, 0.2) is 0 Å². The lowest BCUT2D eigenvalue weighted by molar-refractivity contribution is -0.123. The number of carbonyl (C=O) groups is 1. The van der Waals surface area contributed by atoms with Gasteiger partial charge in [-0.25, -0.2) is 0 Å². The van der Waals surface area contributed by atoms with Gasteiger partial charge < -0.3 is 15.7 Å². The maximum absolute atomic E-state index is 11.4. The van der Waals surface area contributed by atoms with E-state index in [9.17, 15) is 4.79 Å². The first-order valence-electron chi connectivity index (χ1n) is 4.96. The van der Waals surface area contributed by atoms with E-state index in [0.717, 1.165) is 19.4 Å². The van der Waals surface area contributed by atoms with Crippen molar-refractivity contribution in [2.24, 2.45) is 0 Å². The molecule has 4 nitrogen and oxygen atoms in total. The number of halogens is 1. The van der Waals surface area contributed by atoms with Crippen molar-refractivity contribution in [3.63, 3.8) is 0 Å². The van der Waals surface area contributed by atoms with Crippen LogP contribution in [0.25, 0.3) is 0 Å². The lowest BCUT2D eigenvalue weighted by atomic mass is 10.0. The Morgan fingerprint density at radius 2 is 2.29 bits per heavy atom. The number of rotatable bonds is 4. The molecule has 0 spiro atoms. The molecule has 1 atom stereocenters. The molecule has 0 aromatic rings. The van der Waals surface area contributed by atoms with Gasteiger partial charge in [0.25, 0.3) is 0 Å². The molecule has 1 amide bonds. The molecule has 1 saturated heterocycles. The molecule has 0 bridgehead atoms. The molecule has 84 valence electrons. The third-order valence-corrected chi connectivity index (χ3v) is 2.26. The standard InChI is InChI=1S/C9H18N2O2.ClH/c12-7-3-6-11-9(13)8-4-1-2-5-10-8;/h8,10,12H,1-7H2,(H,11,13);1H. The first-order chi connectivity index (χ1) is 6.34. The largest absolute Gasteiger partial charge is 0.396 e. The van der Waals surface area contributed by atoms with Gasteiger partial charge in [-0.15, -0.1) is 12.4 Å². The molecule has 3 N–H and O–H groups in total. The summed E-state index contributed by atoms with van der Waals surface area (Å²) in [6, 6.07) is -0.00700. The number of hydrogen-bond acceptors (Lipinski definition) is 3. The van der Waals surface area contributed by atoms with Gasteiger partial charge in [0.2, 0.25) is 5.91 Å². The Morgan fingerprint density at radius 3 is 2.86 bits per heavy atom. The molecule has 14 heavy (non-hydrogen) atoms. The number of hydrogen-bond donors (Lipinski definition) is 3. The van der Waals surface area contributed by atoms with E-state index in [4.69, 9.17) is 5.11 Å². The highest BCUT2D eigenvalue weighted by molar-refractivity contribution is 5.85. The lowest BCUT2D eigenvalue weighted by Gasteiger charge is -2.22. The van der Waals surface area contributed by atoms with Crippen LogP contribution in [0.1, 0.15) is 25.7 Å². The first kappa shape index (κ1) is 13.7. The molecule has 5 heteroatoms. The third kappa shape index (κ3) is 4.79. The number of amides is 1. The highest BCUT2D eigenvalue weighted by atomic mass is 35.5. The second-order valence-corrected chi connectivity index (χ2v) is 3.37. The minimum Gasteiger partial charge on any atom is -0.396 e. The van der Waals surface area contributed by atoms with Gasteiger partial charge >= 0.3 is 0 Å². The fraction of sp³-hybridized carbons (Fsp3) is 0.889. The molecule has 1 fully saturated rings. The first-order valence-corrected chi connectivity index (χ1v) is 4.96. The molecule has 1 aliphatic rings. The maximum atomic E-state index is 11.4. The van der Waals surface area contributed by atoms with Gasteiger partial charge in [-0.05, 0) is 25.8 Å². The average molecular weight is 223 g/mol. The molecule has 1 aliphatic heterocycles. The van der Waals surface area contributed by atoms with Gasteiger partial charge in [-0.2, -0.15) is 0 Å². The summed E-state index contributed by atoms with van der Waals surface area (Å²) in [7, 11) is 0. The highest BCUT2D eigenvalue weighted by Gasteiger charge is 2.19. The van der Waals surface area contributed by atoms with Crippen LogP contribution in [0, 0.1) is 0 Å². The zero-order valence-corrected chi connectivity index (χ0v) is 9.11. The van der Waals surface area contributed by atoms with Gasteiger partial charge in [-0.1, -0.05) is 6.42 Å². The minimum absolute atomic E-state index is 0. The fourth-order valence-corrected chi connectivity index (χ4v) is 1.49. The predicted octanol–water partition coefficient (Wildman–Crippen LogP) is 0.0489. The van der Waals surface area contributed by atoms with Crippen molar-refractivity contribution in [1.82, 2.24) is 10.6 Å². The van der Waals surface area contributed by atoms with E-state index in [-0.39, 0.29) is 31.0 Å². The number of aliphatic hydroxyl groups excluding tert-OH is 1. The van der Waals surface area contributed by atoms with Crippen LogP contribution >= 0.6 is 12.4 Å². The summed E-state index contributed by atoms with van der Waals surface area (Å²) in [6.07, 6.45) is 3.87. The van der Waals surface area contributed by atoms with Crippen molar-refractivity contribution in [2.75, 3.05) is 19.7 Å². The van der Waals surface area contributed by atoms with E-state index >= 15 is 0 Å². The lowest BCUT2D eigenvalue weighted by Crippen LogP contribution is -2.46. The summed E-state index contributed by atoms with van der Waals surface area (Å²) >= 11 is 0. The SMILES string of the molecule is Cl.O=C(NCCCO)C1CCCCN1. The second-order valence-electron chi connectivity index (χ2n) is 3.37. The number of nitrogens with one attached hydrogen (secondary N) is 2. The summed E-state index contributed by atoms with van der Waals surface area (Å²) in [6.45, 7) is 1.66. The molecule has 0 saturated carbocycles. The molecule has 0 radical (unpaired) electrons. The summed E-state index contributed by atoms with van der Waals surface area (Å²) in [5.74, 6) is 0.0770. The van der Waals surface area contributed by atoms with Crippen LogP contribution in [0.2, 0.25) is 0 Å². The van der Waals surface area contributed by atoms with E-state index in [2.05, 4.69) is 10.6 Å². The summed E-state index contributed by atoms with van der Waals surface area (Å²) in [5, 5.41) is 14.5. The Hall–Kier alpha value is -0.320. The van der Waals surface area contributed by atoms with E-state index in [1.54, 1.807) is 0 Å². The Balaban J connectivity index is 0.00000169. The summed E-state index contributed by atoms with van der Waals surface area (Å²) in [5.41, 5.74) is 0. The minimum atomic E-state index is -0.00700. The third-order valence-electron chi connectivity index (χ3n) is 2.26. The molecule has 1 unspecified atom stereocenters. The quantitative estimate of drug-likeness (QED) is 0.589. The van der Waals surface area contributed by atoms with Gasteiger partial charge in [0.05, 0.1) is 6.04 Å². The zero-order valence-electron chi connectivity index (χ0n) is 8.29. The Morgan fingerprint density at radius 1 is 1.50 bits per heavy atom. The van der Waals surface area contributed by atoms with Crippen LogP contribution in [0.3, 0.4) is 0 Å². The van der Waals surface area contributed by atoms with Crippen molar-refractivity contribution in [1.29, 1.82) is 0 Å². The monoisotopic (exact) mass is 222 g/mol. The van der Waals surface area contributed by atoms with E-state index in [1.807, 2.05) is 0 Å². The van der Waals surface area contributed by atoms with Crippen molar-refractivity contribution >= 4 is 18.3 Å². The fourth-order valence-electron chi connectivity index (χ4n) is 1.49. The number of carbonyl (C=O) groups excluding carboxylic acids is 1. The maximum Gasteiger partial charge on any atom is 0.237 e.